The van der Waals surface area contributed by atoms with Gasteiger partial charge in [-0.15, -0.1) is 0 Å². The Hall–Kier alpha value is -1.51. The van der Waals surface area contributed by atoms with E-state index in [2.05, 4.69) is 5.32 Å². The van der Waals surface area contributed by atoms with Crippen molar-refractivity contribution in [1.29, 1.82) is 0 Å². The fraction of sp³-hybridized carbons (Fsp3) is 0.889. The average molecular weight is 393 g/mol. The molecule has 156 valence electrons. The molecule has 0 aromatic heterocycles. The summed E-state index contributed by atoms with van der Waals surface area (Å²) < 4.78 is 44.4. The van der Waals surface area contributed by atoms with Gasteiger partial charge in [0.1, 0.15) is 0 Å². The second-order valence-corrected chi connectivity index (χ2v) is 8.11. The molecule has 0 aliphatic carbocycles. The summed E-state index contributed by atoms with van der Waals surface area (Å²) in [6.45, 7) is 6.96. The van der Waals surface area contributed by atoms with E-state index in [9.17, 15) is 22.8 Å². The summed E-state index contributed by atoms with van der Waals surface area (Å²) in [6.07, 6.45) is -3.23. The SMILES string of the molecule is CCOC(=O)N1CCC(NC(=O)CN2CCC(C(F)(F)F)C(C)(C)C2)CC1. The van der Waals surface area contributed by atoms with Crippen LogP contribution in [0.5, 0.6) is 0 Å². The summed E-state index contributed by atoms with van der Waals surface area (Å²) in [6, 6.07) is -0.0242. The minimum atomic E-state index is -4.20. The topological polar surface area (TPSA) is 61.9 Å². The number of piperidine rings is 2. The van der Waals surface area contributed by atoms with Gasteiger partial charge in [0.15, 0.2) is 0 Å². The van der Waals surface area contributed by atoms with E-state index >= 15 is 0 Å². The van der Waals surface area contributed by atoms with Crippen LogP contribution < -0.4 is 5.32 Å². The molecule has 2 rings (SSSR count). The third-order valence-electron chi connectivity index (χ3n) is 5.46. The molecule has 2 fully saturated rings. The van der Waals surface area contributed by atoms with E-state index < -0.39 is 17.5 Å². The van der Waals surface area contributed by atoms with E-state index in [-0.39, 0.29) is 44.1 Å². The molecule has 0 saturated carbocycles. The first-order chi connectivity index (χ1) is 12.5. The smallest absolute Gasteiger partial charge is 0.409 e. The van der Waals surface area contributed by atoms with Gasteiger partial charge in [-0.1, -0.05) is 13.8 Å². The van der Waals surface area contributed by atoms with Gasteiger partial charge in [-0.3, -0.25) is 9.69 Å². The van der Waals surface area contributed by atoms with Crippen LogP contribution in [0.4, 0.5) is 18.0 Å². The highest BCUT2D eigenvalue weighted by Gasteiger charge is 2.51. The fourth-order valence-electron chi connectivity index (χ4n) is 4.11. The Labute approximate surface area is 158 Å². The van der Waals surface area contributed by atoms with Crippen LogP contribution in [-0.2, 0) is 9.53 Å². The van der Waals surface area contributed by atoms with Gasteiger partial charge in [0, 0.05) is 25.7 Å². The quantitative estimate of drug-likeness (QED) is 0.798. The molecule has 6 nitrogen and oxygen atoms in total. The van der Waals surface area contributed by atoms with E-state index in [4.69, 9.17) is 4.74 Å². The average Bonchev–Trinajstić information content (AvgIpc) is 2.53. The summed E-state index contributed by atoms with van der Waals surface area (Å²) in [5.74, 6) is -1.51. The molecular formula is C18H30F3N3O3. The summed E-state index contributed by atoms with van der Waals surface area (Å²) in [4.78, 5) is 27.4. The number of likely N-dealkylation sites (tertiary alicyclic amines) is 2. The van der Waals surface area contributed by atoms with E-state index in [1.807, 2.05) is 0 Å². The lowest BCUT2D eigenvalue weighted by molar-refractivity contribution is -0.216. The number of nitrogens with one attached hydrogen (secondary N) is 1. The maximum Gasteiger partial charge on any atom is 0.409 e. The van der Waals surface area contributed by atoms with Crippen molar-refractivity contribution in [1.82, 2.24) is 15.1 Å². The lowest BCUT2D eigenvalue weighted by Gasteiger charge is -2.44. The summed E-state index contributed by atoms with van der Waals surface area (Å²) >= 11 is 0. The summed E-state index contributed by atoms with van der Waals surface area (Å²) in [5, 5.41) is 2.94. The van der Waals surface area contributed by atoms with Crippen molar-refractivity contribution in [2.24, 2.45) is 11.3 Å². The molecule has 0 aromatic rings. The number of nitrogens with zero attached hydrogens (tertiary/aromatic N) is 2. The van der Waals surface area contributed by atoms with Crippen molar-refractivity contribution >= 4 is 12.0 Å². The maximum atomic E-state index is 13.1. The molecule has 2 aliphatic heterocycles. The number of alkyl halides is 3. The number of carbonyl (C=O) groups excluding carboxylic acids is 2. The first-order valence-corrected chi connectivity index (χ1v) is 9.53. The van der Waals surface area contributed by atoms with Gasteiger partial charge in [0.05, 0.1) is 19.1 Å². The van der Waals surface area contributed by atoms with Gasteiger partial charge >= 0.3 is 12.3 Å². The van der Waals surface area contributed by atoms with Crippen molar-refractivity contribution in [3.05, 3.63) is 0 Å². The van der Waals surface area contributed by atoms with Gasteiger partial charge in [0.2, 0.25) is 5.91 Å². The molecule has 0 radical (unpaired) electrons. The second kappa shape index (κ2) is 8.67. The number of ether oxygens (including phenoxy) is 1. The molecule has 1 unspecified atom stereocenters. The second-order valence-electron chi connectivity index (χ2n) is 8.11. The molecule has 0 aromatic carbocycles. The highest BCUT2D eigenvalue weighted by atomic mass is 19.4. The lowest BCUT2D eigenvalue weighted by Crippen LogP contribution is -2.54. The highest BCUT2D eigenvalue weighted by Crippen LogP contribution is 2.44. The third-order valence-corrected chi connectivity index (χ3v) is 5.46. The monoisotopic (exact) mass is 393 g/mol. The highest BCUT2D eigenvalue weighted by molar-refractivity contribution is 5.78. The molecule has 2 amide bonds. The van der Waals surface area contributed by atoms with E-state index in [0.29, 0.717) is 32.5 Å². The van der Waals surface area contributed by atoms with Crippen LogP contribution in [0, 0.1) is 11.3 Å². The molecule has 1 atom stereocenters. The Morgan fingerprint density at radius 2 is 1.78 bits per heavy atom. The Kier molecular flexibility index (Phi) is 6.99. The van der Waals surface area contributed by atoms with Gasteiger partial charge in [0.25, 0.3) is 0 Å². The van der Waals surface area contributed by atoms with E-state index in [1.165, 1.54) is 0 Å². The number of amides is 2. The van der Waals surface area contributed by atoms with Gasteiger partial charge in [-0.05, 0) is 38.1 Å². The molecule has 1 N–H and O–H groups in total. The van der Waals surface area contributed by atoms with Crippen LogP contribution in [0.3, 0.4) is 0 Å². The van der Waals surface area contributed by atoms with E-state index in [0.717, 1.165) is 0 Å². The van der Waals surface area contributed by atoms with E-state index in [1.54, 1.807) is 30.6 Å². The van der Waals surface area contributed by atoms with Crippen LogP contribution in [0.1, 0.15) is 40.0 Å². The van der Waals surface area contributed by atoms with Crippen LogP contribution in [0.15, 0.2) is 0 Å². The summed E-state index contributed by atoms with van der Waals surface area (Å²) in [7, 11) is 0. The molecule has 0 bridgehead atoms. The van der Waals surface area contributed by atoms with Crippen molar-refractivity contribution in [2.75, 3.05) is 39.3 Å². The van der Waals surface area contributed by atoms with Gasteiger partial charge in [-0.25, -0.2) is 4.79 Å². The maximum absolute atomic E-state index is 13.1. The van der Waals surface area contributed by atoms with Crippen molar-refractivity contribution < 1.29 is 27.5 Å². The number of rotatable bonds is 4. The fourth-order valence-corrected chi connectivity index (χ4v) is 4.11. The molecule has 2 aliphatic rings. The predicted octanol–water partition coefficient (Wildman–Crippen LogP) is 2.63. The number of hydrogen-bond acceptors (Lipinski definition) is 4. The molecule has 9 heteroatoms. The zero-order valence-electron chi connectivity index (χ0n) is 16.3. The molecule has 2 heterocycles. The largest absolute Gasteiger partial charge is 0.450 e. The molecular weight excluding hydrogens is 363 g/mol. The molecule has 27 heavy (non-hydrogen) atoms. The molecule has 2 saturated heterocycles. The Balaban J connectivity index is 1.76. The first-order valence-electron chi connectivity index (χ1n) is 9.53. The number of halogens is 3. The number of carbonyl (C=O) groups is 2. The predicted molar refractivity (Wildman–Crippen MR) is 94.1 cm³/mol. The van der Waals surface area contributed by atoms with Crippen LogP contribution in [-0.4, -0.2) is 73.3 Å². The zero-order chi connectivity index (χ0) is 20.2. The normalized spacial score (nSPS) is 24.5. The van der Waals surface area contributed by atoms with Crippen molar-refractivity contribution in [2.45, 2.75) is 52.3 Å². The minimum Gasteiger partial charge on any atom is -0.450 e. The Bertz CT molecular complexity index is 532. The zero-order valence-corrected chi connectivity index (χ0v) is 16.3. The van der Waals surface area contributed by atoms with Gasteiger partial charge in [-0.2, -0.15) is 13.2 Å². The summed E-state index contributed by atoms with van der Waals surface area (Å²) in [5.41, 5.74) is -0.915. The van der Waals surface area contributed by atoms with Crippen molar-refractivity contribution in [3.63, 3.8) is 0 Å². The van der Waals surface area contributed by atoms with Gasteiger partial charge < -0.3 is 15.0 Å². The van der Waals surface area contributed by atoms with Crippen molar-refractivity contribution in [3.8, 4) is 0 Å². The third kappa shape index (κ3) is 5.99. The Morgan fingerprint density at radius 3 is 2.30 bits per heavy atom. The molecule has 0 spiro atoms. The first kappa shape index (κ1) is 21.8. The number of hydrogen-bond donors (Lipinski definition) is 1. The van der Waals surface area contributed by atoms with Crippen LogP contribution in [0.25, 0.3) is 0 Å². The lowest BCUT2D eigenvalue weighted by atomic mass is 9.73. The Morgan fingerprint density at radius 1 is 1.15 bits per heavy atom. The standard InChI is InChI=1S/C18H30F3N3O3/c1-4-27-16(26)24-9-5-13(6-10-24)22-15(25)11-23-8-7-14(18(19,20)21)17(2,3)12-23/h13-14H,4-12H2,1-3H3,(H,22,25). The van der Waals surface area contributed by atoms with Crippen LogP contribution in [0.2, 0.25) is 0 Å². The van der Waals surface area contributed by atoms with Crippen LogP contribution >= 0.6 is 0 Å². The minimum absolute atomic E-state index is 0.0156.